The van der Waals surface area contributed by atoms with Gasteiger partial charge in [0.25, 0.3) is 0 Å². The van der Waals surface area contributed by atoms with Crippen LogP contribution in [0.15, 0.2) is 6.07 Å². The van der Waals surface area contributed by atoms with E-state index in [4.69, 9.17) is 4.74 Å². The van der Waals surface area contributed by atoms with Crippen molar-refractivity contribution in [2.75, 3.05) is 6.61 Å². The molecule has 14 heavy (non-hydrogen) atoms. The molecule has 0 saturated heterocycles. The maximum atomic E-state index is 5.63. The van der Waals surface area contributed by atoms with E-state index in [9.17, 15) is 0 Å². The van der Waals surface area contributed by atoms with Crippen LogP contribution in [-0.4, -0.2) is 11.6 Å². The summed E-state index contributed by atoms with van der Waals surface area (Å²) in [6.45, 7) is 7.24. The van der Waals surface area contributed by atoms with E-state index in [0.717, 1.165) is 30.9 Å². The molecule has 0 unspecified atom stereocenters. The van der Waals surface area contributed by atoms with Gasteiger partial charge in [-0.3, -0.25) is 4.98 Å². The first-order chi connectivity index (χ1) is 6.68. The molecule has 0 radical (unpaired) electrons. The number of fused-ring (bicyclic) bond motifs is 1. The van der Waals surface area contributed by atoms with Crippen molar-refractivity contribution in [1.82, 2.24) is 4.98 Å². The van der Waals surface area contributed by atoms with Gasteiger partial charge in [-0.15, -0.1) is 0 Å². The fourth-order valence-electron chi connectivity index (χ4n) is 1.87. The highest BCUT2D eigenvalue weighted by Gasteiger charge is 2.15. The third kappa shape index (κ3) is 1.61. The van der Waals surface area contributed by atoms with Crippen LogP contribution in [0.1, 0.15) is 43.1 Å². The van der Waals surface area contributed by atoms with E-state index < -0.39 is 0 Å². The molecule has 1 aromatic heterocycles. The molecule has 2 rings (SSSR count). The lowest BCUT2D eigenvalue weighted by molar-refractivity contribution is 0.284. The summed E-state index contributed by atoms with van der Waals surface area (Å²) in [5.41, 5.74) is 3.57. The summed E-state index contributed by atoms with van der Waals surface area (Å²) in [7, 11) is 0. The Bertz CT molecular complexity index is 344. The summed E-state index contributed by atoms with van der Waals surface area (Å²) in [6.07, 6.45) is 2.27. The fourth-order valence-corrected chi connectivity index (χ4v) is 1.87. The van der Waals surface area contributed by atoms with Crippen molar-refractivity contribution in [3.05, 3.63) is 23.0 Å². The monoisotopic (exact) mass is 191 g/mol. The van der Waals surface area contributed by atoms with Crippen molar-refractivity contribution in [3.8, 4) is 5.75 Å². The van der Waals surface area contributed by atoms with Gasteiger partial charge < -0.3 is 4.74 Å². The van der Waals surface area contributed by atoms with Crippen molar-refractivity contribution in [1.29, 1.82) is 0 Å². The Hall–Kier alpha value is -1.05. The van der Waals surface area contributed by atoms with Gasteiger partial charge in [-0.1, -0.05) is 13.8 Å². The number of hydrogen-bond donors (Lipinski definition) is 0. The third-order valence-electron chi connectivity index (χ3n) is 2.67. The minimum atomic E-state index is 0.501. The van der Waals surface area contributed by atoms with E-state index in [1.54, 1.807) is 0 Å². The maximum absolute atomic E-state index is 5.63. The van der Waals surface area contributed by atoms with Crippen molar-refractivity contribution in [2.45, 2.75) is 39.5 Å². The van der Waals surface area contributed by atoms with Crippen LogP contribution >= 0.6 is 0 Å². The minimum Gasteiger partial charge on any atom is -0.491 e. The van der Waals surface area contributed by atoms with Crippen molar-refractivity contribution in [2.24, 2.45) is 0 Å². The van der Waals surface area contributed by atoms with E-state index in [1.807, 2.05) is 6.92 Å². The third-order valence-corrected chi connectivity index (χ3v) is 2.67. The van der Waals surface area contributed by atoms with Gasteiger partial charge in [-0.25, -0.2) is 0 Å². The van der Waals surface area contributed by atoms with Gasteiger partial charge in [0.1, 0.15) is 5.75 Å². The predicted molar refractivity (Wildman–Crippen MR) is 56.9 cm³/mol. The zero-order valence-electron chi connectivity index (χ0n) is 9.13. The molecule has 0 atom stereocenters. The lowest BCUT2D eigenvalue weighted by Gasteiger charge is -2.20. The van der Waals surface area contributed by atoms with Crippen LogP contribution in [0.5, 0.6) is 5.75 Å². The average Bonchev–Trinajstić information content (AvgIpc) is 2.17. The highest BCUT2D eigenvalue weighted by molar-refractivity contribution is 5.40. The number of pyridine rings is 1. The molecule has 0 spiro atoms. The Morgan fingerprint density at radius 1 is 1.43 bits per heavy atom. The van der Waals surface area contributed by atoms with E-state index in [-0.39, 0.29) is 0 Å². The molecule has 1 aliphatic heterocycles. The SMILES string of the molecule is Cc1nc(C(C)C)cc2c1OCCC2. The van der Waals surface area contributed by atoms with Gasteiger partial charge in [0, 0.05) is 5.69 Å². The Labute approximate surface area is 85.3 Å². The summed E-state index contributed by atoms with van der Waals surface area (Å²) >= 11 is 0. The molecule has 0 amide bonds. The molecule has 2 nitrogen and oxygen atoms in total. The Balaban J connectivity index is 2.46. The topological polar surface area (TPSA) is 22.1 Å². The summed E-state index contributed by atoms with van der Waals surface area (Å²) < 4.78 is 5.63. The standard InChI is InChI=1S/C12H17NO/c1-8(2)11-7-10-5-4-6-14-12(10)9(3)13-11/h7-8H,4-6H2,1-3H3. The Kier molecular flexibility index (Phi) is 2.44. The van der Waals surface area contributed by atoms with Crippen LogP contribution in [-0.2, 0) is 6.42 Å². The first kappa shape index (κ1) is 9.50. The molecule has 0 aliphatic carbocycles. The summed E-state index contributed by atoms with van der Waals surface area (Å²) in [6, 6.07) is 2.20. The quantitative estimate of drug-likeness (QED) is 0.681. The predicted octanol–water partition coefficient (Wildman–Crippen LogP) is 2.84. The van der Waals surface area contributed by atoms with Crippen LogP contribution in [0.3, 0.4) is 0 Å². The normalized spacial score (nSPS) is 15.1. The lowest BCUT2D eigenvalue weighted by atomic mass is 10.0. The largest absolute Gasteiger partial charge is 0.491 e. The van der Waals surface area contributed by atoms with Crippen LogP contribution in [0, 0.1) is 6.92 Å². The van der Waals surface area contributed by atoms with Crippen LogP contribution in [0.4, 0.5) is 0 Å². The zero-order valence-corrected chi connectivity index (χ0v) is 9.13. The molecular weight excluding hydrogens is 174 g/mol. The Morgan fingerprint density at radius 3 is 2.93 bits per heavy atom. The maximum Gasteiger partial charge on any atom is 0.143 e. The smallest absolute Gasteiger partial charge is 0.143 e. The van der Waals surface area contributed by atoms with E-state index in [2.05, 4.69) is 24.9 Å². The Morgan fingerprint density at radius 2 is 2.21 bits per heavy atom. The highest BCUT2D eigenvalue weighted by Crippen LogP contribution is 2.29. The summed E-state index contributed by atoms with van der Waals surface area (Å²) in [5, 5.41) is 0. The second-order valence-corrected chi connectivity index (χ2v) is 4.23. The number of nitrogens with zero attached hydrogens (tertiary/aromatic N) is 1. The average molecular weight is 191 g/mol. The molecule has 0 bridgehead atoms. The van der Waals surface area contributed by atoms with Crippen LogP contribution < -0.4 is 4.74 Å². The van der Waals surface area contributed by atoms with Crippen LogP contribution in [0.2, 0.25) is 0 Å². The van der Waals surface area contributed by atoms with E-state index >= 15 is 0 Å². The van der Waals surface area contributed by atoms with Gasteiger partial charge in [-0.2, -0.15) is 0 Å². The molecule has 0 fully saturated rings. The second kappa shape index (κ2) is 3.60. The van der Waals surface area contributed by atoms with Crippen LogP contribution in [0.25, 0.3) is 0 Å². The lowest BCUT2D eigenvalue weighted by Crippen LogP contribution is -2.12. The fraction of sp³-hybridized carbons (Fsp3) is 0.583. The van der Waals surface area contributed by atoms with Gasteiger partial charge >= 0.3 is 0 Å². The molecule has 0 aromatic carbocycles. The second-order valence-electron chi connectivity index (χ2n) is 4.23. The van der Waals surface area contributed by atoms with Crippen molar-refractivity contribution >= 4 is 0 Å². The summed E-state index contributed by atoms with van der Waals surface area (Å²) in [4.78, 5) is 4.56. The van der Waals surface area contributed by atoms with Gasteiger partial charge in [0.05, 0.1) is 12.3 Å². The molecule has 1 aliphatic rings. The van der Waals surface area contributed by atoms with E-state index in [0.29, 0.717) is 5.92 Å². The van der Waals surface area contributed by atoms with Gasteiger partial charge in [0.15, 0.2) is 0 Å². The molecule has 0 N–H and O–H groups in total. The molecule has 0 saturated carbocycles. The first-order valence-electron chi connectivity index (χ1n) is 5.31. The zero-order chi connectivity index (χ0) is 10.1. The molecule has 2 heterocycles. The molecule has 76 valence electrons. The first-order valence-corrected chi connectivity index (χ1v) is 5.31. The van der Waals surface area contributed by atoms with Crippen molar-refractivity contribution in [3.63, 3.8) is 0 Å². The minimum absolute atomic E-state index is 0.501. The van der Waals surface area contributed by atoms with Gasteiger partial charge in [-0.05, 0) is 37.3 Å². The number of rotatable bonds is 1. The summed E-state index contributed by atoms with van der Waals surface area (Å²) in [5.74, 6) is 1.53. The highest BCUT2D eigenvalue weighted by atomic mass is 16.5. The number of hydrogen-bond acceptors (Lipinski definition) is 2. The number of aromatic nitrogens is 1. The van der Waals surface area contributed by atoms with Crippen molar-refractivity contribution < 1.29 is 4.74 Å². The molecule has 2 heteroatoms. The molecular formula is C12H17NO. The van der Waals surface area contributed by atoms with Gasteiger partial charge in [0.2, 0.25) is 0 Å². The molecule has 1 aromatic rings. The number of aryl methyl sites for hydroxylation is 2. The van der Waals surface area contributed by atoms with E-state index in [1.165, 1.54) is 11.3 Å². The number of ether oxygens (including phenoxy) is 1.